The van der Waals surface area contributed by atoms with E-state index < -0.39 is 10.0 Å². The van der Waals surface area contributed by atoms with Gasteiger partial charge in [-0.05, 0) is 19.4 Å². The second-order valence-corrected chi connectivity index (χ2v) is 6.89. The van der Waals surface area contributed by atoms with Crippen LogP contribution in [0.4, 0.5) is 0 Å². The fraction of sp³-hybridized carbons (Fsp3) is 0.667. The van der Waals surface area contributed by atoms with E-state index in [-0.39, 0.29) is 23.6 Å². The summed E-state index contributed by atoms with van der Waals surface area (Å²) in [7, 11) is -0.251. The van der Waals surface area contributed by atoms with Gasteiger partial charge in [-0.1, -0.05) is 0 Å². The third-order valence-corrected chi connectivity index (χ3v) is 5.57. The number of sulfonamides is 1. The number of aliphatic hydroxyl groups is 1. The molecule has 1 aliphatic heterocycles. The zero-order chi connectivity index (χ0) is 14.2. The Balaban J connectivity index is 2.30. The molecule has 1 aliphatic rings. The molecule has 2 heterocycles. The predicted molar refractivity (Wildman–Crippen MR) is 70.1 cm³/mol. The number of ether oxygens (including phenoxy) is 1. The summed E-state index contributed by atoms with van der Waals surface area (Å²) < 4.78 is 33.5. The lowest BCUT2D eigenvalue weighted by Crippen LogP contribution is -2.40. The van der Waals surface area contributed by atoms with E-state index in [1.54, 1.807) is 18.7 Å². The van der Waals surface area contributed by atoms with Crippen molar-refractivity contribution in [3.8, 4) is 0 Å². The molecule has 1 N–H and O–H groups in total. The molecule has 108 valence electrons. The normalized spacial score (nSPS) is 24.3. The predicted octanol–water partition coefficient (Wildman–Crippen LogP) is 0.315. The molecule has 0 saturated carbocycles. The van der Waals surface area contributed by atoms with Crippen molar-refractivity contribution in [2.45, 2.75) is 37.0 Å². The molecule has 6 nitrogen and oxygen atoms in total. The summed E-state index contributed by atoms with van der Waals surface area (Å²) in [6.45, 7) is 2.29. The molecule has 0 spiro atoms. The number of aryl methyl sites for hydroxylation is 1. The highest BCUT2D eigenvalue weighted by Crippen LogP contribution is 2.25. The summed E-state index contributed by atoms with van der Waals surface area (Å²) in [6.07, 6.45) is 2.13. The van der Waals surface area contributed by atoms with Crippen LogP contribution in [0.15, 0.2) is 17.2 Å². The molecule has 1 saturated heterocycles. The maximum absolute atomic E-state index is 12.5. The smallest absolute Gasteiger partial charge is 0.244 e. The molecule has 1 aromatic heterocycles. The maximum Gasteiger partial charge on any atom is 0.244 e. The van der Waals surface area contributed by atoms with Crippen LogP contribution in [0, 0.1) is 0 Å². The van der Waals surface area contributed by atoms with Crippen molar-refractivity contribution in [1.29, 1.82) is 0 Å². The van der Waals surface area contributed by atoms with E-state index in [2.05, 4.69) is 0 Å². The zero-order valence-electron chi connectivity index (χ0n) is 11.4. The van der Waals surface area contributed by atoms with Crippen LogP contribution in [0.5, 0.6) is 0 Å². The van der Waals surface area contributed by atoms with E-state index >= 15 is 0 Å². The summed E-state index contributed by atoms with van der Waals surface area (Å²) in [5.74, 6) is 0. The Morgan fingerprint density at radius 1 is 1.58 bits per heavy atom. The zero-order valence-corrected chi connectivity index (χ0v) is 12.2. The van der Waals surface area contributed by atoms with Gasteiger partial charge in [-0.2, -0.15) is 4.31 Å². The Labute approximate surface area is 113 Å². The quantitative estimate of drug-likeness (QED) is 0.866. The molecule has 0 radical (unpaired) electrons. The van der Waals surface area contributed by atoms with Gasteiger partial charge >= 0.3 is 0 Å². The van der Waals surface area contributed by atoms with Crippen molar-refractivity contribution < 1.29 is 18.3 Å². The fourth-order valence-electron chi connectivity index (χ4n) is 2.42. The third kappa shape index (κ3) is 2.55. The average Bonchev–Trinajstić information content (AvgIpc) is 2.94. The van der Waals surface area contributed by atoms with Gasteiger partial charge in [-0.3, -0.25) is 0 Å². The largest absolute Gasteiger partial charge is 0.390 e. The van der Waals surface area contributed by atoms with Crippen molar-refractivity contribution in [3.63, 3.8) is 0 Å². The van der Waals surface area contributed by atoms with Crippen molar-refractivity contribution in [2.24, 2.45) is 7.05 Å². The Kier molecular flexibility index (Phi) is 4.00. The molecule has 19 heavy (non-hydrogen) atoms. The highest BCUT2D eigenvalue weighted by atomic mass is 32.2. The molecule has 7 heteroatoms. The van der Waals surface area contributed by atoms with Crippen LogP contribution in [-0.2, 0) is 28.4 Å². The van der Waals surface area contributed by atoms with E-state index in [4.69, 9.17) is 9.84 Å². The highest BCUT2D eigenvalue weighted by molar-refractivity contribution is 7.89. The molecule has 1 aromatic rings. The van der Waals surface area contributed by atoms with Crippen LogP contribution in [0.1, 0.15) is 19.0 Å². The number of aromatic nitrogens is 1. The van der Waals surface area contributed by atoms with Crippen LogP contribution in [0.25, 0.3) is 0 Å². The Morgan fingerprint density at radius 3 is 2.74 bits per heavy atom. The van der Waals surface area contributed by atoms with Crippen LogP contribution < -0.4 is 0 Å². The number of rotatable bonds is 4. The molecule has 2 rings (SSSR count). The van der Waals surface area contributed by atoms with Crippen LogP contribution in [0.2, 0.25) is 0 Å². The lowest BCUT2D eigenvalue weighted by Gasteiger charge is -2.25. The summed E-state index contributed by atoms with van der Waals surface area (Å²) in [4.78, 5) is 0.209. The van der Waals surface area contributed by atoms with E-state index in [1.165, 1.54) is 16.6 Å². The SMILES string of the molecule is CC1OCCC1N(C)S(=O)(=O)c1cc(CO)n(C)c1. The second-order valence-electron chi connectivity index (χ2n) is 4.89. The second kappa shape index (κ2) is 5.24. The van der Waals surface area contributed by atoms with Gasteiger partial charge in [0, 0.05) is 32.6 Å². The molecule has 1 fully saturated rings. The van der Waals surface area contributed by atoms with Gasteiger partial charge in [0.2, 0.25) is 10.0 Å². The lowest BCUT2D eigenvalue weighted by atomic mass is 10.2. The van der Waals surface area contributed by atoms with Crippen molar-refractivity contribution >= 4 is 10.0 Å². The van der Waals surface area contributed by atoms with Gasteiger partial charge in [0.05, 0.1) is 18.8 Å². The molecule has 0 aliphatic carbocycles. The fourth-order valence-corrected chi connectivity index (χ4v) is 3.96. The summed E-state index contributed by atoms with van der Waals surface area (Å²) >= 11 is 0. The summed E-state index contributed by atoms with van der Waals surface area (Å²) in [6, 6.07) is 1.37. The molecular formula is C12H20N2O4S. The minimum absolute atomic E-state index is 0.0965. The van der Waals surface area contributed by atoms with Crippen LogP contribution in [-0.4, -0.2) is 48.2 Å². The minimum atomic E-state index is -3.55. The number of aliphatic hydroxyl groups excluding tert-OH is 1. The van der Waals surface area contributed by atoms with E-state index in [9.17, 15) is 8.42 Å². The molecule has 0 amide bonds. The first-order chi connectivity index (χ1) is 8.87. The first-order valence-electron chi connectivity index (χ1n) is 6.23. The molecule has 2 atom stereocenters. The summed E-state index contributed by atoms with van der Waals surface area (Å²) in [5.41, 5.74) is 0.572. The van der Waals surface area contributed by atoms with Crippen LogP contribution in [0.3, 0.4) is 0 Å². The van der Waals surface area contributed by atoms with Crippen molar-refractivity contribution in [1.82, 2.24) is 8.87 Å². The third-order valence-electron chi connectivity index (χ3n) is 3.73. The van der Waals surface area contributed by atoms with Gasteiger partial charge in [-0.15, -0.1) is 0 Å². The Bertz CT molecular complexity index is 552. The molecule has 0 bridgehead atoms. The number of nitrogens with zero attached hydrogens (tertiary/aromatic N) is 2. The van der Waals surface area contributed by atoms with Crippen LogP contribution >= 0.6 is 0 Å². The number of hydrogen-bond acceptors (Lipinski definition) is 4. The maximum atomic E-state index is 12.5. The van der Waals surface area contributed by atoms with Gasteiger partial charge in [0.25, 0.3) is 0 Å². The Hall–Kier alpha value is -0.890. The van der Waals surface area contributed by atoms with E-state index in [0.717, 1.165) is 0 Å². The van der Waals surface area contributed by atoms with E-state index in [1.807, 2.05) is 6.92 Å². The summed E-state index contributed by atoms with van der Waals surface area (Å²) in [5, 5.41) is 9.14. The van der Waals surface area contributed by atoms with Crippen molar-refractivity contribution in [2.75, 3.05) is 13.7 Å². The topological polar surface area (TPSA) is 71.8 Å². The first-order valence-corrected chi connectivity index (χ1v) is 7.67. The average molecular weight is 288 g/mol. The number of likely N-dealkylation sites (N-methyl/N-ethyl adjacent to an activating group) is 1. The lowest BCUT2D eigenvalue weighted by molar-refractivity contribution is 0.102. The highest BCUT2D eigenvalue weighted by Gasteiger charge is 2.35. The Morgan fingerprint density at radius 2 is 2.26 bits per heavy atom. The molecule has 2 unspecified atom stereocenters. The van der Waals surface area contributed by atoms with Gasteiger partial charge in [0.15, 0.2) is 0 Å². The van der Waals surface area contributed by atoms with Gasteiger partial charge < -0.3 is 14.4 Å². The molecule has 0 aromatic carbocycles. The minimum Gasteiger partial charge on any atom is -0.390 e. The van der Waals surface area contributed by atoms with E-state index in [0.29, 0.717) is 18.7 Å². The van der Waals surface area contributed by atoms with Gasteiger partial charge in [0.1, 0.15) is 4.90 Å². The standard InChI is InChI=1S/C12H20N2O4S/c1-9-12(4-5-18-9)14(3)19(16,17)11-6-10(8-15)13(2)7-11/h6-7,9,12,15H,4-5,8H2,1-3H3. The van der Waals surface area contributed by atoms with Gasteiger partial charge in [-0.25, -0.2) is 8.42 Å². The monoisotopic (exact) mass is 288 g/mol. The molecular weight excluding hydrogens is 268 g/mol. The number of hydrogen-bond donors (Lipinski definition) is 1. The van der Waals surface area contributed by atoms with Crippen molar-refractivity contribution in [3.05, 3.63) is 18.0 Å². The first kappa shape index (κ1) is 14.5.